The van der Waals surface area contributed by atoms with E-state index in [1.807, 2.05) is 0 Å². The molecule has 0 saturated carbocycles. The van der Waals surface area contributed by atoms with Gasteiger partial charge in [-0.1, -0.05) is 11.6 Å². The maximum atomic E-state index is 14.1. The Kier molecular flexibility index (Phi) is 4.05. The number of nitrogens with zero attached hydrogens (tertiary/aromatic N) is 2. The molecule has 7 heteroatoms. The molecule has 0 aromatic heterocycles. The van der Waals surface area contributed by atoms with Crippen molar-refractivity contribution in [1.82, 2.24) is 0 Å². The van der Waals surface area contributed by atoms with Crippen LogP contribution in [0, 0.1) is 29.4 Å². The van der Waals surface area contributed by atoms with Crippen LogP contribution in [0.5, 0.6) is 11.5 Å². The second kappa shape index (κ2) is 5.77. The number of aryl methyl sites for hydroxylation is 1. The number of benzene rings is 2. The third-order valence-electron chi connectivity index (χ3n) is 2.67. The quantitative estimate of drug-likeness (QED) is 0.453. The van der Waals surface area contributed by atoms with Crippen molar-refractivity contribution in [2.45, 2.75) is 6.92 Å². The van der Waals surface area contributed by atoms with E-state index in [0.717, 1.165) is 6.07 Å². The molecular weight excluding hydrogens is 299 g/mol. The third-order valence-corrected chi connectivity index (χ3v) is 2.89. The number of ether oxygens (including phenoxy) is 1. The van der Waals surface area contributed by atoms with Crippen molar-refractivity contribution in [2.24, 2.45) is 0 Å². The van der Waals surface area contributed by atoms with Crippen LogP contribution < -0.4 is 4.74 Å². The summed E-state index contributed by atoms with van der Waals surface area (Å²) >= 11 is 5.82. The number of nitro groups is 1. The Bertz CT molecular complexity index is 772. The fourth-order valence-corrected chi connectivity index (χ4v) is 1.89. The van der Waals surface area contributed by atoms with Crippen LogP contribution in [0.2, 0.25) is 5.02 Å². The molecule has 106 valence electrons. The van der Waals surface area contributed by atoms with E-state index >= 15 is 0 Å². The van der Waals surface area contributed by atoms with Crippen molar-refractivity contribution in [3.63, 3.8) is 0 Å². The van der Waals surface area contributed by atoms with Crippen LogP contribution in [0.1, 0.15) is 5.56 Å². The minimum Gasteiger partial charge on any atom is -0.448 e. The number of rotatable bonds is 3. The third kappa shape index (κ3) is 3.09. The predicted molar refractivity (Wildman–Crippen MR) is 75.6 cm³/mol. The molecule has 5 nitrogen and oxygen atoms in total. The first-order chi connectivity index (χ1) is 9.92. The number of nitro benzene ring substituents is 1. The van der Waals surface area contributed by atoms with Gasteiger partial charge in [0.15, 0.2) is 11.5 Å². The Morgan fingerprint density at radius 2 is 2.10 bits per heavy atom. The molecule has 0 unspecified atom stereocenters. The van der Waals surface area contributed by atoms with Crippen molar-refractivity contribution in [3.8, 4) is 11.5 Å². The Hall–Kier alpha value is -2.65. The van der Waals surface area contributed by atoms with Gasteiger partial charge in [-0.3, -0.25) is 10.1 Å². The second-order valence-electron chi connectivity index (χ2n) is 4.16. The van der Waals surface area contributed by atoms with E-state index in [1.165, 1.54) is 31.2 Å². The molecule has 2 aromatic carbocycles. The van der Waals surface area contributed by atoms with Crippen LogP contribution in [0.15, 0.2) is 30.3 Å². The number of hydrogen-bond acceptors (Lipinski definition) is 3. The SMILES string of the molecule is [C-]#[N+]c1cc(Cl)cc(Oc2c([N+](=O)[O-])ccc(C)c2F)c1. The van der Waals surface area contributed by atoms with E-state index in [9.17, 15) is 14.5 Å². The van der Waals surface area contributed by atoms with E-state index < -0.39 is 22.2 Å². The lowest BCUT2D eigenvalue weighted by Gasteiger charge is -2.09. The molecule has 21 heavy (non-hydrogen) atoms. The fourth-order valence-electron chi connectivity index (χ4n) is 1.67. The maximum Gasteiger partial charge on any atom is 0.314 e. The second-order valence-corrected chi connectivity index (χ2v) is 4.60. The van der Waals surface area contributed by atoms with Gasteiger partial charge in [0.1, 0.15) is 5.75 Å². The summed E-state index contributed by atoms with van der Waals surface area (Å²) in [5.74, 6) is -1.27. The molecule has 2 aromatic rings. The molecule has 0 aliphatic rings. The highest BCUT2D eigenvalue weighted by Gasteiger charge is 2.22. The highest BCUT2D eigenvalue weighted by Crippen LogP contribution is 2.37. The largest absolute Gasteiger partial charge is 0.448 e. The number of halogens is 2. The molecule has 0 bridgehead atoms. The first-order valence-electron chi connectivity index (χ1n) is 5.71. The van der Waals surface area contributed by atoms with Crippen molar-refractivity contribution in [2.75, 3.05) is 0 Å². The molecule has 0 aliphatic heterocycles. The lowest BCUT2D eigenvalue weighted by molar-refractivity contribution is -0.385. The average molecular weight is 307 g/mol. The summed E-state index contributed by atoms with van der Waals surface area (Å²) in [5.41, 5.74) is -0.0984. The standard InChI is InChI=1S/C14H8ClFN2O3/c1-8-3-4-12(18(19)20)14(13(8)16)21-11-6-9(15)5-10(7-11)17-2/h3-7H,1H3. The van der Waals surface area contributed by atoms with Gasteiger partial charge in [0.05, 0.1) is 11.5 Å². The van der Waals surface area contributed by atoms with Gasteiger partial charge in [-0.2, -0.15) is 0 Å². The van der Waals surface area contributed by atoms with E-state index in [-0.39, 0.29) is 22.0 Å². The zero-order valence-corrected chi connectivity index (χ0v) is 11.5. The van der Waals surface area contributed by atoms with Gasteiger partial charge in [-0.25, -0.2) is 9.24 Å². The molecular formula is C14H8ClFN2O3. The van der Waals surface area contributed by atoms with Crippen molar-refractivity contribution in [3.05, 3.63) is 68.3 Å². The van der Waals surface area contributed by atoms with Crippen LogP contribution in [-0.2, 0) is 0 Å². The Morgan fingerprint density at radius 3 is 2.71 bits per heavy atom. The van der Waals surface area contributed by atoms with E-state index in [2.05, 4.69) is 4.85 Å². The summed E-state index contributed by atoms with van der Waals surface area (Å²) in [5, 5.41) is 11.2. The maximum absolute atomic E-state index is 14.1. The summed E-state index contributed by atoms with van der Waals surface area (Å²) in [7, 11) is 0. The zero-order chi connectivity index (χ0) is 15.6. The molecule has 0 atom stereocenters. The Morgan fingerprint density at radius 1 is 1.38 bits per heavy atom. The summed E-state index contributed by atoms with van der Waals surface area (Å²) in [6, 6.07) is 6.53. The smallest absolute Gasteiger partial charge is 0.314 e. The zero-order valence-electron chi connectivity index (χ0n) is 10.8. The summed E-state index contributed by atoms with van der Waals surface area (Å²) in [4.78, 5) is 13.4. The lowest BCUT2D eigenvalue weighted by Crippen LogP contribution is -1.98. The molecule has 0 spiro atoms. The molecule has 0 aliphatic carbocycles. The normalized spacial score (nSPS) is 10.0. The lowest BCUT2D eigenvalue weighted by atomic mass is 10.2. The van der Waals surface area contributed by atoms with Gasteiger partial charge in [0, 0.05) is 11.1 Å². The minimum atomic E-state index is -0.825. The minimum absolute atomic E-state index is 0.0566. The molecule has 0 heterocycles. The van der Waals surface area contributed by atoms with Gasteiger partial charge in [0.2, 0.25) is 5.75 Å². The molecule has 0 fully saturated rings. The summed E-state index contributed by atoms with van der Waals surface area (Å²) in [6.07, 6.45) is 0. The van der Waals surface area contributed by atoms with Crippen molar-refractivity contribution in [1.29, 1.82) is 0 Å². The van der Waals surface area contributed by atoms with Crippen molar-refractivity contribution >= 4 is 23.0 Å². The fraction of sp³-hybridized carbons (Fsp3) is 0.0714. The van der Waals surface area contributed by atoms with Gasteiger partial charge < -0.3 is 4.74 Å². The number of hydrogen-bond donors (Lipinski definition) is 0. The first-order valence-corrected chi connectivity index (χ1v) is 6.09. The Balaban J connectivity index is 2.54. The first kappa shape index (κ1) is 14.8. The summed E-state index contributed by atoms with van der Waals surface area (Å²) < 4.78 is 19.3. The van der Waals surface area contributed by atoms with Gasteiger partial charge in [-0.05, 0) is 36.8 Å². The van der Waals surface area contributed by atoms with Crippen LogP contribution in [0.25, 0.3) is 4.85 Å². The van der Waals surface area contributed by atoms with Gasteiger partial charge in [0.25, 0.3) is 0 Å². The molecule has 0 N–H and O–H groups in total. The van der Waals surface area contributed by atoms with Gasteiger partial charge >= 0.3 is 5.69 Å². The Labute approximate surface area is 124 Å². The van der Waals surface area contributed by atoms with Gasteiger partial charge in [-0.15, -0.1) is 0 Å². The van der Waals surface area contributed by atoms with Crippen molar-refractivity contribution < 1.29 is 14.1 Å². The van der Waals surface area contributed by atoms with Crippen LogP contribution in [0.3, 0.4) is 0 Å². The highest BCUT2D eigenvalue weighted by molar-refractivity contribution is 6.31. The highest BCUT2D eigenvalue weighted by atomic mass is 35.5. The van der Waals surface area contributed by atoms with E-state index in [0.29, 0.717) is 0 Å². The van der Waals surface area contributed by atoms with Crippen LogP contribution in [-0.4, -0.2) is 4.92 Å². The summed E-state index contributed by atoms with van der Waals surface area (Å²) in [6.45, 7) is 8.40. The molecule has 0 amide bonds. The van der Waals surface area contributed by atoms with Crippen LogP contribution in [0.4, 0.5) is 15.8 Å². The van der Waals surface area contributed by atoms with E-state index in [4.69, 9.17) is 22.9 Å². The molecule has 0 saturated heterocycles. The van der Waals surface area contributed by atoms with Crippen LogP contribution >= 0.6 is 11.6 Å². The monoisotopic (exact) mass is 306 g/mol. The average Bonchev–Trinajstić information content (AvgIpc) is 2.43. The predicted octanol–water partition coefficient (Wildman–Crippen LogP) is 5.04. The topological polar surface area (TPSA) is 56.7 Å². The van der Waals surface area contributed by atoms with E-state index in [1.54, 1.807) is 0 Å². The molecule has 2 rings (SSSR count). The molecule has 0 radical (unpaired) electrons.